The molecule has 2 rings (SSSR count). The number of nitrogen functional groups attached to an aromatic ring is 1. The molecule has 100 valence electrons. The second-order valence-corrected chi connectivity index (χ2v) is 4.52. The maximum absolute atomic E-state index is 9.62. The number of nitrogens with two attached hydrogens (primary N) is 1. The molecular weight excluding hydrogens is 234 g/mol. The van der Waals surface area contributed by atoms with Gasteiger partial charge < -0.3 is 20.6 Å². The average Bonchev–Trinajstić information content (AvgIpc) is 2.42. The Labute approximate surface area is 106 Å². The zero-order chi connectivity index (χ0) is 13.0. The summed E-state index contributed by atoms with van der Waals surface area (Å²) < 4.78 is 5.32. The smallest absolute Gasteiger partial charge is 0.148 e. The van der Waals surface area contributed by atoms with Crippen LogP contribution in [0.5, 0.6) is 0 Å². The molecular formula is C11H19N5O2. The van der Waals surface area contributed by atoms with Crippen LogP contribution in [0.3, 0.4) is 0 Å². The number of anilines is 2. The Morgan fingerprint density at radius 2 is 2.06 bits per heavy atom. The Kier molecular flexibility index (Phi) is 3.95. The highest BCUT2D eigenvalue weighted by Crippen LogP contribution is 2.27. The number of hydrogen-bond acceptors (Lipinski definition) is 7. The summed E-state index contributed by atoms with van der Waals surface area (Å²) in [6.45, 7) is 3.20. The molecule has 2 heterocycles. The minimum Gasteiger partial charge on any atom is -0.394 e. The molecule has 7 nitrogen and oxygen atoms in total. The van der Waals surface area contributed by atoms with Gasteiger partial charge in [-0.15, -0.1) is 0 Å². The van der Waals surface area contributed by atoms with Crippen LogP contribution in [0.15, 0.2) is 6.33 Å². The van der Waals surface area contributed by atoms with Crippen LogP contribution < -0.4 is 16.6 Å². The van der Waals surface area contributed by atoms with E-state index in [2.05, 4.69) is 20.7 Å². The summed E-state index contributed by atoms with van der Waals surface area (Å²) in [5.41, 5.74) is 2.99. The molecule has 1 aliphatic rings. The quantitative estimate of drug-likeness (QED) is 0.443. The minimum atomic E-state index is -0.372. The summed E-state index contributed by atoms with van der Waals surface area (Å²) in [6, 6.07) is 0. The second-order valence-electron chi connectivity index (χ2n) is 4.52. The lowest BCUT2D eigenvalue weighted by molar-refractivity contribution is 0.0378. The number of rotatable bonds is 4. The predicted octanol–water partition coefficient (Wildman–Crippen LogP) is 0.0240. The molecule has 0 spiro atoms. The van der Waals surface area contributed by atoms with Gasteiger partial charge in [0.25, 0.3) is 0 Å². The number of hydrogen-bond donors (Lipinski definition) is 4. The third-order valence-corrected chi connectivity index (χ3v) is 3.36. The van der Waals surface area contributed by atoms with Crippen molar-refractivity contribution < 1.29 is 9.84 Å². The molecule has 0 amide bonds. The molecule has 1 saturated heterocycles. The van der Waals surface area contributed by atoms with Gasteiger partial charge in [-0.05, 0) is 19.8 Å². The standard InChI is InChI=1S/C11H19N5O2/c1-8-9(13-7-14-10(8)16-12)15-11(6-17)2-4-18-5-3-11/h7,17H,2-6,12H2,1H3,(H2,13,14,15,16). The Balaban J connectivity index is 2.21. The topological polar surface area (TPSA) is 105 Å². The molecule has 0 aromatic carbocycles. The Bertz CT molecular complexity index is 406. The second kappa shape index (κ2) is 5.47. The van der Waals surface area contributed by atoms with Gasteiger partial charge in [-0.1, -0.05) is 0 Å². The lowest BCUT2D eigenvalue weighted by Gasteiger charge is -2.37. The monoisotopic (exact) mass is 253 g/mol. The van der Waals surface area contributed by atoms with Crippen molar-refractivity contribution in [2.45, 2.75) is 25.3 Å². The maximum atomic E-state index is 9.62. The zero-order valence-corrected chi connectivity index (χ0v) is 10.4. The number of aliphatic hydroxyl groups excluding tert-OH is 1. The first-order chi connectivity index (χ1) is 8.71. The zero-order valence-electron chi connectivity index (χ0n) is 10.4. The van der Waals surface area contributed by atoms with E-state index in [9.17, 15) is 5.11 Å². The molecule has 7 heteroatoms. The number of aliphatic hydroxyl groups is 1. The van der Waals surface area contributed by atoms with E-state index in [1.165, 1.54) is 6.33 Å². The van der Waals surface area contributed by atoms with Crippen molar-refractivity contribution in [1.29, 1.82) is 0 Å². The number of ether oxygens (including phenoxy) is 1. The predicted molar refractivity (Wildman–Crippen MR) is 68.1 cm³/mol. The van der Waals surface area contributed by atoms with Gasteiger partial charge in [0.2, 0.25) is 0 Å². The van der Waals surface area contributed by atoms with Gasteiger partial charge in [0.05, 0.1) is 12.1 Å². The van der Waals surface area contributed by atoms with Crippen molar-refractivity contribution in [3.8, 4) is 0 Å². The summed E-state index contributed by atoms with van der Waals surface area (Å²) in [5.74, 6) is 6.65. The molecule has 0 unspecified atom stereocenters. The van der Waals surface area contributed by atoms with Gasteiger partial charge in [0.1, 0.15) is 18.0 Å². The van der Waals surface area contributed by atoms with E-state index in [1.807, 2.05) is 6.92 Å². The van der Waals surface area contributed by atoms with E-state index in [1.54, 1.807) is 0 Å². The molecule has 0 aliphatic carbocycles. The molecule has 1 fully saturated rings. The van der Waals surface area contributed by atoms with E-state index >= 15 is 0 Å². The molecule has 0 saturated carbocycles. The minimum absolute atomic E-state index is 0.0468. The van der Waals surface area contributed by atoms with Crippen molar-refractivity contribution in [2.24, 2.45) is 5.84 Å². The molecule has 0 bridgehead atoms. The highest BCUT2D eigenvalue weighted by Gasteiger charge is 2.32. The summed E-state index contributed by atoms with van der Waals surface area (Å²) in [4.78, 5) is 8.23. The van der Waals surface area contributed by atoms with E-state index < -0.39 is 0 Å². The third-order valence-electron chi connectivity index (χ3n) is 3.36. The molecule has 18 heavy (non-hydrogen) atoms. The molecule has 1 aromatic heterocycles. The van der Waals surface area contributed by atoms with Gasteiger partial charge >= 0.3 is 0 Å². The summed E-state index contributed by atoms with van der Waals surface area (Å²) >= 11 is 0. The first kappa shape index (κ1) is 13.0. The Morgan fingerprint density at radius 1 is 1.39 bits per heavy atom. The number of aromatic nitrogens is 2. The van der Waals surface area contributed by atoms with Gasteiger partial charge in [-0.3, -0.25) is 0 Å². The average molecular weight is 253 g/mol. The molecule has 1 aliphatic heterocycles. The third kappa shape index (κ3) is 2.53. The molecule has 1 aromatic rings. The lowest BCUT2D eigenvalue weighted by atomic mass is 9.91. The Morgan fingerprint density at radius 3 is 2.67 bits per heavy atom. The van der Waals surface area contributed by atoms with E-state index in [0.29, 0.717) is 24.8 Å². The van der Waals surface area contributed by atoms with Crippen LogP contribution in [-0.2, 0) is 4.74 Å². The summed E-state index contributed by atoms with van der Waals surface area (Å²) in [5, 5.41) is 12.9. The van der Waals surface area contributed by atoms with Gasteiger partial charge in [0.15, 0.2) is 0 Å². The number of nitrogens with one attached hydrogen (secondary N) is 2. The van der Waals surface area contributed by atoms with Crippen molar-refractivity contribution in [2.75, 3.05) is 30.6 Å². The van der Waals surface area contributed by atoms with Crippen molar-refractivity contribution >= 4 is 11.6 Å². The highest BCUT2D eigenvalue weighted by atomic mass is 16.5. The molecule has 5 N–H and O–H groups in total. The highest BCUT2D eigenvalue weighted by molar-refractivity contribution is 5.56. The fourth-order valence-electron chi connectivity index (χ4n) is 2.06. The van der Waals surface area contributed by atoms with Crippen LogP contribution in [0.1, 0.15) is 18.4 Å². The van der Waals surface area contributed by atoms with Crippen LogP contribution in [-0.4, -0.2) is 40.4 Å². The van der Waals surface area contributed by atoms with Crippen molar-refractivity contribution in [1.82, 2.24) is 9.97 Å². The first-order valence-electron chi connectivity index (χ1n) is 5.96. The summed E-state index contributed by atoms with van der Waals surface area (Å²) in [6.07, 6.45) is 2.94. The molecule has 0 radical (unpaired) electrons. The largest absolute Gasteiger partial charge is 0.394 e. The van der Waals surface area contributed by atoms with Crippen LogP contribution in [0.25, 0.3) is 0 Å². The van der Waals surface area contributed by atoms with Gasteiger partial charge in [-0.2, -0.15) is 0 Å². The SMILES string of the molecule is Cc1c(NN)ncnc1NC1(CO)CCOCC1. The van der Waals surface area contributed by atoms with E-state index in [-0.39, 0.29) is 12.1 Å². The van der Waals surface area contributed by atoms with Crippen LogP contribution in [0, 0.1) is 6.92 Å². The summed E-state index contributed by atoms with van der Waals surface area (Å²) in [7, 11) is 0. The number of nitrogens with zero attached hydrogens (tertiary/aromatic N) is 2. The molecule has 0 atom stereocenters. The van der Waals surface area contributed by atoms with Crippen LogP contribution in [0.2, 0.25) is 0 Å². The normalized spacial score (nSPS) is 18.4. The van der Waals surface area contributed by atoms with E-state index in [4.69, 9.17) is 10.6 Å². The van der Waals surface area contributed by atoms with E-state index in [0.717, 1.165) is 18.4 Å². The number of hydrazine groups is 1. The van der Waals surface area contributed by atoms with Gasteiger partial charge in [0, 0.05) is 18.8 Å². The van der Waals surface area contributed by atoms with Crippen molar-refractivity contribution in [3.63, 3.8) is 0 Å². The van der Waals surface area contributed by atoms with Gasteiger partial charge in [-0.25, -0.2) is 15.8 Å². The Hall–Kier alpha value is -1.44. The fourth-order valence-corrected chi connectivity index (χ4v) is 2.06. The van der Waals surface area contributed by atoms with Crippen LogP contribution >= 0.6 is 0 Å². The lowest BCUT2D eigenvalue weighted by Crippen LogP contribution is -2.47. The van der Waals surface area contributed by atoms with Crippen LogP contribution in [0.4, 0.5) is 11.6 Å². The fraction of sp³-hybridized carbons (Fsp3) is 0.636. The first-order valence-corrected chi connectivity index (χ1v) is 5.96. The van der Waals surface area contributed by atoms with Crippen molar-refractivity contribution in [3.05, 3.63) is 11.9 Å². The maximum Gasteiger partial charge on any atom is 0.148 e.